The zero-order chi connectivity index (χ0) is 20.2. The van der Waals surface area contributed by atoms with E-state index in [0.29, 0.717) is 17.8 Å². The molecule has 0 radical (unpaired) electrons. The van der Waals surface area contributed by atoms with Crippen molar-refractivity contribution in [3.63, 3.8) is 0 Å². The molecule has 0 saturated carbocycles. The standard InChI is InChI=1S/C22H37N3O2/c1-16(2)15-24-13-9-8-10-19(24)18-11-12-20(23-14-18)25(17(3)4)21(26)27-22(5,6)7/h11-12,14,16-17,19H,8-10,13,15H2,1-7H3. The van der Waals surface area contributed by atoms with E-state index in [1.807, 2.05) is 46.9 Å². The number of anilines is 1. The lowest BCUT2D eigenvalue weighted by Crippen LogP contribution is -2.41. The highest BCUT2D eigenvalue weighted by Gasteiger charge is 2.28. The smallest absolute Gasteiger partial charge is 0.416 e. The molecule has 1 amide bonds. The van der Waals surface area contributed by atoms with Crippen molar-refractivity contribution >= 4 is 11.9 Å². The predicted octanol–water partition coefficient (Wildman–Crippen LogP) is 5.41. The average molecular weight is 376 g/mol. The monoisotopic (exact) mass is 375 g/mol. The highest BCUT2D eigenvalue weighted by atomic mass is 16.6. The van der Waals surface area contributed by atoms with Gasteiger partial charge in [-0.1, -0.05) is 26.3 Å². The zero-order valence-electron chi connectivity index (χ0n) is 18.2. The first kappa shape index (κ1) is 21.7. The van der Waals surface area contributed by atoms with Gasteiger partial charge >= 0.3 is 6.09 Å². The molecule has 0 aromatic carbocycles. The van der Waals surface area contributed by atoms with Gasteiger partial charge in [0.2, 0.25) is 0 Å². The summed E-state index contributed by atoms with van der Waals surface area (Å²) in [4.78, 5) is 21.5. The van der Waals surface area contributed by atoms with Crippen molar-refractivity contribution in [3.8, 4) is 0 Å². The summed E-state index contributed by atoms with van der Waals surface area (Å²) < 4.78 is 5.56. The average Bonchev–Trinajstić information content (AvgIpc) is 2.53. The minimum absolute atomic E-state index is 0.0229. The topological polar surface area (TPSA) is 45.7 Å². The zero-order valence-corrected chi connectivity index (χ0v) is 18.2. The first-order valence-electron chi connectivity index (χ1n) is 10.3. The van der Waals surface area contributed by atoms with E-state index in [2.05, 4.69) is 29.8 Å². The Hall–Kier alpha value is -1.62. The molecule has 1 aliphatic heterocycles. The molecule has 0 N–H and O–H groups in total. The van der Waals surface area contributed by atoms with Crippen LogP contribution >= 0.6 is 0 Å². The van der Waals surface area contributed by atoms with E-state index in [1.165, 1.54) is 24.8 Å². The Labute approximate surface area is 165 Å². The van der Waals surface area contributed by atoms with Crippen LogP contribution in [-0.2, 0) is 4.74 Å². The number of hydrogen-bond donors (Lipinski definition) is 0. The van der Waals surface area contributed by atoms with E-state index < -0.39 is 5.60 Å². The number of amides is 1. The summed E-state index contributed by atoms with van der Waals surface area (Å²) in [7, 11) is 0. The number of pyridine rings is 1. The van der Waals surface area contributed by atoms with Crippen LogP contribution in [0.15, 0.2) is 18.3 Å². The molecule has 1 unspecified atom stereocenters. The van der Waals surface area contributed by atoms with Gasteiger partial charge in [-0.2, -0.15) is 0 Å². The molecule has 1 fully saturated rings. The molecule has 2 rings (SSSR count). The third-order valence-electron chi connectivity index (χ3n) is 4.72. The second kappa shape index (κ2) is 9.05. The van der Waals surface area contributed by atoms with Crippen LogP contribution in [0.5, 0.6) is 0 Å². The van der Waals surface area contributed by atoms with Crippen molar-refractivity contribution < 1.29 is 9.53 Å². The molecule has 1 aromatic rings. The van der Waals surface area contributed by atoms with Gasteiger partial charge in [0.1, 0.15) is 11.4 Å². The largest absolute Gasteiger partial charge is 0.443 e. The van der Waals surface area contributed by atoms with Gasteiger partial charge in [0.25, 0.3) is 0 Å². The molecule has 1 atom stereocenters. The first-order chi connectivity index (χ1) is 12.6. The number of hydrogen-bond acceptors (Lipinski definition) is 4. The van der Waals surface area contributed by atoms with Crippen LogP contribution in [0.3, 0.4) is 0 Å². The van der Waals surface area contributed by atoms with Gasteiger partial charge in [0.15, 0.2) is 0 Å². The van der Waals surface area contributed by atoms with Crippen LogP contribution in [0.4, 0.5) is 10.6 Å². The summed E-state index contributed by atoms with van der Waals surface area (Å²) in [5.74, 6) is 1.30. The van der Waals surface area contributed by atoms with Crippen molar-refractivity contribution in [2.45, 2.75) is 85.4 Å². The van der Waals surface area contributed by atoms with Gasteiger partial charge in [-0.3, -0.25) is 9.80 Å². The van der Waals surface area contributed by atoms with E-state index in [1.54, 1.807) is 4.90 Å². The van der Waals surface area contributed by atoms with Crippen LogP contribution in [0.2, 0.25) is 0 Å². The van der Waals surface area contributed by atoms with Crippen LogP contribution in [-0.4, -0.2) is 40.7 Å². The van der Waals surface area contributed by atoms with Gasteiger partial charge in [0.05, 0.1) is 0 Å². The van der Waals surface area contributed by atoms with Crippen LogP contribution in [0.25, 0.3) is 0 Å². The maximum absolute atomic E-state index is 12.6. The first-order valence-corrected chi connectivity index (χ1v) is 10.3. The lowest BCUT2D eigenvalue weighted by Gasteiger charge is -2.37. The van der Waals surface area contributed by atoms with E-state index in [4.69, 9.17) is 4.74 Å². The number of carbonyl (C=O) groups excluding carboxylic acids is 1. The summed E-state index contributed by atoms with van der Waals surface area (Å²) in [6.07, 6.45) is 5.30. The van der Waals surface area contributed by atoms with Crippen LogP contribution in [0.1, 0.15) is 79.3 Å². The lowest BCUT2D eigenvalue weighted by atomic mass is 9.95. The van der Waals surface area contributed by atoms with Gasteiger partial charge < -0.3 is 4.74 Å². The second-order valence-corrected chi connectivity index (χ2v) is 9.29. The Bertz CT molecular complexity index is 605. The van der Waals surface area contributed by atoms with Gasteiger partial charge in [-0.05, 0) is 71.6 Å². The molecule has 1 saturated heterocycles. The minimum atomic E-state index is -0.524. The lowest BCUT2D eigenvalue weighted by molar-refractivity contribution is 0.0569. The SMILES string of the molecule is CC(C)CN1CCCCC1c1ccc(N(C(=O)OC(C)(C)C)C(C)C)nc1. The molecule has 1 aromatic heterocycles. The third-order valence-corrected chi connectivity index (χ3v) is 4.72. The molecule has 0 bridgehead atoms. The predicted molar refractivity (Wildman–Crippen MR) is 111 cm³/mol. The molecule has 5 heteroatoms. The fourth-order valence-corrected chi connectivity index (χ4v) is 3.67. The van der Waals surface area contributed by atoms with E-state index in [-0.39, 0.29) is 12.1 Å². The van der Waals surface area contributed by atoms with E-state index >= 15 is 0 Å². The molecular formula is C22H37N3O2. The van der Waals surface area contributed by atoms with Crippen LogP contribution in [0, 0.1) is 5.92 Å². The molecular weight excluding hydrogens is 338 g/mol. The molecule has 1 aliphatic rings. The summed E-state index contributed by atoms with van der Waals surface area (Å²) >= 11 is 0. The fraction of sp³-hybridized carbons (Fsp3) is 0.727. The fourth-order valence-electron chi connectivity index (χ4n) is 3.67. The number of carbonyl (C=O) groups is 1. The second-order valence-electron chi connectivity index (χ2n) is 9.29. The Morgan fingerprint density at radius 2 is 1.96 bits per heavy atom. The summed E-state index contributed by atoms with van der Waals surface area (Å²) in [5.41, 5.74) is 0.718. The third kappa shape index (κ3) is 6.20. The van der Waals surface area contributed by atoms with Gasteiger partial charge in [-0.15, -0.1) is 0 Å². The van der Waals surface area contributed by atoms with Crippen LogP contribution < -0.4 is 4.90 Å². The van der Waals surface area contributed by atoms with Gasteiger partial charge in [-0.25, -0.2) is 9.78 Å². The Morgan fingerprint density at radius 3 is 2.48 bits per heavy atom. The molecule has 27 heavy (non-hydrogen) atoms. The van der Waals surface area contributed by atoms with Crippen molar-refractivity contribution in [2.24, 2.45) is 5.92 Å². The van der Waals surface area contributed by atoms with Crippen molar-refractivity contribution in [2.75, 3.05) is 18.0 Å². The molecule has 2 heterocycles. The number of nitrogens with zero attached hydrogens (tertiary/aromatic N) is 3. The normalized spacial score (nSPS) is 18.8. The Kier molecular flexibility index (Phi) is 7.26. The van der Waals surface area contributed by atoms with Gasteiger partial charge in [0, 0.05) is 24.8 Å². The van der Waals surface area contributed by atoms with Crippen molar-refractivity contribution in [1.29, 1.82) is 0 Å². The number of piperidine rings is 1. The van der Waals surface area contributed by atoms with E-state index in [9.17, 15) is 4.79 Å². The number of aromatic nitrogens is 1. The Morgan fingerprint density at radius 1 is 1.26 bits per heavy atom. The minimum Gasteiger partial charge on any atom is -0.443 e. The number of ether oxygens (including phenoxy) is 1. The number of likely N-dealkylation sites (tertiary alicyclic amines) is 1. The molecule has 152 valence electrons. The number of rotatable bonds is 5. The highest BCUT2D eigenvalue weighted by Crippen LogP contribution is 2.32. The van der Waals surface area contributed by atoms with Crippen molar-refractivity contribution in [3.05, 3.63) is 23.9 Å². The summed E-state index contributed by atoms with van der Waals surface area (Å²) in [5, 5.41) is 0. The molecule has 0 aliphatic carbocycles. The molecule has 5 nitrogen and oxygen atoms in total. The maximum Gasteiger partial charge on any atom is 0.416 e. The van der Waals surface area contributed by atoms with E-state index in [0.717, 1.165) is 13.1 Å². The summed E-state index contributed by atoms with van der Waals surface area (Å²) in [6, 6.07) is 4.49. The highest BCUT2D eigenvalue weighted by molar-refractivity contribution is 5.87. The summed E-state index contributed by atoms with van der Waals surface area (Å²) in [6.45, 7) is 16.4. The molecule has 0 spiro atoms. The van der Waals surface area contributed by atoms with Crippen molar-refractivity contribution in [1.82, 2.24) is 9.88 Å². The Balaban J connectivity index is 2.19. The maximum atomic E-state index is 12.6. The quantitative estimate of drug-likeness (QED) is 0.690.